The average molecular weight is 785 g/mol. The first kappa shape index (κ1) is 35.7. The van der Waals surface area contributed by atoms with Crippen molar-refractivity contribution in [3.63, 3.8) is 0 Å². The molecule has 12 nitrogen and oxygen atoms in total. The number of halogens is 1. The van der Waals surface area contributed by atoms with Gasteiger partial charge < -0.3 is 14.4 Å². The maximum Gasteiger partial charge on any atom is 0.255 e. The van der Waals surface area contributed by atoms with E-state index in [2.05, 4.69) is 54.7 Å². The number of nitrogens with one attached hydrogen (secondary N) is 2. The molecule has 5 aliphatic heterocycles. The van der Waals surface area contributed by atoms with Crippen molar-refractivity contribution in [2.45, 2.75) is 82.2 Å². The van der Waals surface area contributed by atoms with Gasteiger partial charge in [0.25, 0.3) is 11.8 Å². The number of benzene rings is 3. The van der Waals surface area contributed by atoms with Crippen molar-refractivity contribution in [3.8, 4) is 11.1 Å². The molecule has 0 aliphatic carbocycles. The first-order valence-corrected chi connectivity index (χ1v) is 20.6. The standard InChI is InChI=1S/C43H41FN8O4S/c44-35-19-28(18-33-34(35)23-52(42(33)56)39(41(55)48-43-45-14-16-57-43)38-36-5-2-15-49(36)24-46-38)26-6-8-29(9-7-26)50-21-30-10-11-31(22-50)51(30)20-25-3-1-4-27(17-25)32-12-13-37(53)47-40(32)54/h1,3-4,6-9,14,16-19,24,30-32,39H,2,5,10-13,15,20-23H2,(H,45,48,55)(H,47,53,54). The monoisotopic (exact) mass is 784 g/mol. The molecule has 57 heavy (non-hydrogen) atoms. The first-order valence-electron chi connectivity index (χ1n) is 19.7. The second-order valence-electron chi connectivity index (χ2n) is 15.8. The van der Waals surface area contributed by atoms with Gasteiger partial charge in [-0.2, -0.15) is 0 Å². The lowest BCUT2D eigenvalue weighted by molar-refractivity contribution is -0.134. The predicted molar refractivity (Wildman–Crippen MR) is 212 cm³/mol. The van der Waals surface area contributed by atoms with Gasteiger partial charge in [-0.1, -0.05) is 36.4 Å². The van der Waals surface area contributed by atoms with Gasteiger partial charge in [0.2, 0.25) is 11.8 Å². The zero-order chi connectivity index (χ0) is 38.8. The van der Waals surface area contributed by atoms with Crippen LogP contribution in [0.4, 0.5) is 15.2 Å². The number of amides is 4. The van der Waals surface area contributed by atoms with E-state index >= 15 is 4.39 Å². The molecule has 290 valence electrons. The Kier molecular flexibility index (Phi) is 8.97. The maximum absolute atomic E-state index is 16.0. The number of imidazole rings is 1. The van der Waals surface area contributed by atoms with E-state index in [1.807, 2.05) is 28.8 Å². The lowest BCUT2D eigenvalue weighted by Crippen LogP contribution is -2.53. The number of piperidine rings is 1. The Morgan fingerprint density at radius 3 is 2.56 bits per heavy atom. The Labute approximate surface area is 332 Å². The lowest BCUT2D eigenvalue weighted by atomic mass is 9.89. The van der Waals surface area contributed by atoms with E-state index in [0.29, 0.717) is 41.3 Å². The van der Waals surface area contributed by atoms with E-state index in [0.717, 1.165) is 74.4 Å². The van der Waals surface area contributed by atoms with Crippen LogP contribution in [-0.2, 0) is 40.4 Å². The van der Waals surface area contributed by atoms with Gasteiger partial charge in [0.15, 0.2) is 11.2 Å². The fourth-order valence-corrected chi connectivity index (χ4v) is 10.2. The van der Waals surface area contributed by atoms with E-state index in [1.54, 1.807) is 24.0 Å². The van der Waals surface area contributed by atoms with Crippen LogP contribution in [0.15, 0.2) is 78.6 Å². The van der Waals surface area contributed by atoms with E-state index < -0.39 is 23.7 Å². The molecule has 3 saturated heterocycles. The normalized spacial score (nSPS) is 22.1. The van der Waals surface area contributed by atoms with Crippen LogP contribution in [0.5, 0.6) is 0 Å². The van der Waals surface area contributed by atoms with Crippen LogP contribution in [-0.4, -0.2) is 73.1 Å². The van der Waals surface area contributed by atoms with E-state index in [-0.39, 0.29) is 35.4 Å². The summed E-state index contributed by atoms with van der Waals surface area (Å²) in [5.41, 5.74) is 6.61. The van der Waals surface area contributed by atoms with Crippen LogP contribution in [0, 0.1) is 5.82 Å². The fraction of sp³-hybridized carbons (Fsp3) is 0.349. The van der Waals surface area contributed by atoms with Crippen LogP contribution >= 0.6 is 11.3 Å². The summed E-state index contributed by atoms with van der Waals surface area (Å²) in [5, 5.41) is 7.52. The average Bonchev–Trinajstić information content (AvgIpc) is 4.05. The lowest BCUT2D eigenvalue weighted by Gasteiger charge is -2.42. The minimum Gasteiger partial charge on any atom is -0.368 e. The second kappa shape index (κ2) is 14.3. The fourth-order valence-electron chi connectivity index (χ4n) is 9.62. The molecule has 4 atom stereocenters. The van der Waals surface area contributed by atoms with Crippen molar-refractivity contribution in [1.82, 2.24) is 29.7 Å². The molecule has 2 N–H and O–H groups in total. The molecule has 0 saturated carbocycles. The number of hydrogen-bond donors (Lipinski definition) is 2. The molecule has 5 aromatic rings. The molecule has 2 aromatic heterocycles. The molecule has 2 bridgehead atoms. The molecule has 0 spiro atoms. The number of carbonyl (C=O) groups is 4. The van der Waals surface area contributed by atoms with Crippen LogP contribution in [0.3, 0.4) is 0 Å². The number of anilines is 2. The van der Waals surface area contributed by atoms with Crippen LogP contribution in [0.25, 0.3) is 11.1 Å². The van der Waals surface area contributed by atoms with E-state index in [1.165, 1.54) is 27.9 Å². The van der Waals surface area contributed by atoms with Crippen molar-refractivity contribution in [1.29, 1.82) is 0 Å². The molecule has 4 unspecified atom stereocenters. The number of nitrogens with zero attached hydrogens (tertiary/aromatic N) is 6. The van der Waals surface area contributed by atoms with E-state index in [9.17, 15) is 19.2 Å². The van der Waals surface area contributed by atoms with Crippen LogP contribution in [0.1, 0.15) is 82.5 Å². The zero-order valence-corrected chi connectivity index (χ0v) is 32.0. The number of aromatic nitrogens is 3. The highest BCUT2D eigenvalue weighted by molar-refractivity contribution is 7.13. The maximum atomic E-state index is 16.0. The number of thiazole rings is 1. The minimum absolute atomic E-state index is 0.0406. The molecular formula is C43H41FN8O4S. The quantitative estimate of drug-likeness (QED) is 0.179. The molecular weight excluding hydrogens is 744 g/mol. The molecule has 0 radical (unpaired) electrons. The molecule has 7 heterocycles. The van der Waals surface area contributed by atoms with Gasteiger partial charge in [0, 0.05) is 78.8 Å². The number of carbonyl (C=O) groups excluding carboxylic acids is 4. The Balaban J connectivity index is 0.840. The van der Waals surface area contributed by atoms with Gasteiger partial charge >= 0.3 is 0 Å². The van der Waals surface area contributed by atoms with Crippen molar-refractivity contribution >= 4 is 45.8 Å². The number of fused-ring (bicyclic) bond motifs is 4. The molecule has 3 aromatic carbocycles. The third-order valence-electron chi connectivity index (χ3n) is 12.4. The SMILES string of the molecule is O=C1CCC(c2cccc(CN3C4CCC3CN(c3ccc(-c5cc(F)c6c(c5)C(=O)N(C(C(=O)Nc5nccs5)c5ncn7c5CCC7)C6)cc3)C4)c2)C(=O)N1. The van der Waals surface area contributed by atoms with Crippen molar-refractivity contribution in [2.75, 3.05) is 23.3 Å². The van der Waals surface area contributed by atoms with Crippen molar-refractivity contribution in [2.24, 2.45) is 0 Å². The minimum atomic E-state index is -1.04. The molecule has 4 amide bonds. The summed E-state index contributed by atoms with van der Waals surface area (Å²) < 4.78 is 18.0. The highest BCUT2D eigenvalue weighted by atomic mass is 32.1. The second-order valence-corrected chi connectivity index (χ2v) is 16.7. The Bertz CT molecular complexity index is 2400. The Morgan fingerprint density at radius 1 is 0.965 bits per heavy atom. The third-order valence-corrected chi connectivity index (χ3v) is 13.1. The number of aryl methyl sites for hydroxylation is 1. The summed E-state index contributed by atoms with van der Waals surface area (Å²) >= 11 is 1.29. The topological polar surface area (TPSA) is 133 Å². The van der Waals surface area contributed by atoms with Gasteiger partial charge in [-0.3, -0.25) is 34.7 Å². The molecule has 5 aliphatic rings. The van der Waals surface area contributed by atoms with Gasteiger partial charge in [-0.05, 0) is 78.6 Å². The number of piperazine rings is 1. The van der Waals surface area contributed by atoms with Gasteiger partial charge in [-0.25, -0.2) is 14.4 Å². The number of hydrogen-bond acceptors (Lipinski definition) is 9. The van der Waals surface area contributed by atoms with Gasteiger partial charge in [0.05, 0.1) is 24.5 Å². The summed E-state index contributed by atoms with van der Waals surface area (Å²) in [7, 11) is 0. The molecule has 14 heteroatoms. The highest BCUT2D eigenvalue weighted by Crippen LogP contribution is 2.39. The van der Waals surface area contributed by atoms with Crippen LogP contribution in [0.2, 0.25) is 0 Å². The zero-order valence-electron chi connectivity index (χ0n) is 31.2. The summed E-state index contributed by atoms with van der Waals surface area (Å²) in [5.74, 6) is -2.02. The predicted octanol–water partition coefficient (Wildman–Crippen LogP) is 5.80. The molecule has 10 rings (SSSR count). The summed E-state index contributed by atoms with van der Waals surface area (Å²) in [4.78, 5) is 67.5. The number of imide groups is 1. The molecule has 3 fully saturated rings. The summed E-state index contributed by atoms with van der Waals surface area (Å²) in [6.07, 6.45) is 8.13. The first-order chi connectivity index (χ1) is 27.8. The van der Waals surface area contributed by atoms with Crippen molar-refractivity contribution < 1.29 is 23.6 Å². The number of rotatable bonds is 9. The Hall–Kier alpha value is -5.73. The summed E-state index contributed by atoms with van der Waals surface area (Å²) in [6.45, 7) is 3.34. The third kappa shape index (κ3) is 6.50. The summed E-state index contributed by atoms with van der Waals surface area (Å²) in [6, 6.07) is 19.3. The van der Waals surface area contributed by atoms with Gasteiger partial charge in [-0.15, -0.1) is 11.3 Å². The highest BCUT2D eigenvalue weighted by Gasteiger charge is 2.43. The van der Waals surface area contributed by atoms with Crippen molar-refractivity contribution in [3.05, 3.63) is 118 Å². The van der Waals surface area contributed by atoms with Crippen LogP contribution < -0.4 is 15.5 Å². The smallest absolute Gasteiger partial charge is 0.255 e. The van der Waals surface area contributed by atoms with E-state index in [4.69, 9.17) is 0 Å². The van der Waals surface area contributed by atoms with Gasteiger partial charge in [0.1, 0.15) is 5.82 Å². The largest absolute Gasteiger partial charge is 0.368 e. The Morgan fingerprint density at radius 2 is 1.79 bits per heavy atom.